The van der Waals surface area contributed by atoms with Crippen LogP contribution < -0.4 is 10.5 Å². The molecule has 1 amide bonds. The number of morpholine rings is 1. The lowest BCUT2D eigenvalue weighted by Crippen LogP contribution is -2.46. The van der Waals surface area contributed by atoms with Crippen LogP contribution in [0.15, 0.2) is 51.1 Å². The van der Waals surface area contributed by atoms with Gasteiger partial charge in [-0.2, -0.15) is 4.98 Å². The van der Waals surface area contributed by atoms with Gasteiger partial charge in [0.2, 0.25) is 5.91 Å². The maximum absolute atomic E-state index is 13.5. The van der Waals surface area contributed by atoms with Gasteiger partial charge in [0.25, 0.3) is 5.56 Å². The summed E-state index contributed by atoms with van der Waals surface area (Å²) in [7, 11) is -1.60. The topological polar surface area (TPSA) is 116 Å². The summed E-state index contributed by atoms with van der Waals surface area (Å²) >= 11 is 0. The number of amides is 1. The molecule has 0 aliphatic carbocycles. The predicted octanol–water partition coefficient (Wildman–Crippen LogP) is 1.73. The van der Waals surface area contributed by atoms with Gasteiger partial charge in [0.1, 0.15) is 10.8 Å². The van der Waals surface area contributed by atoms with E-state index >= 15 is 0 Å². The van der Waals surface area contributed by atoms with Crippen LogP contribution in [0.2, 0.25) is 0 Å². The number of rotatable bonds is 5. The predicted molar refractivity (Wildman–Crippen MR) is 152 cm³/mol. The lowest BCUT2D eigenvalue weighted by Gasteiger charge is -2.29. The number of hydrogen-bond acceptors (Lipinski definition) is 8. The Kier molecular flexibility index (Phi) is 7.39. The largest absolute Gasteiger partial charge is 0.378 e. The van der Waals surface area contributed by atoms with Gasteiger partial charge in [-0.15, -0.1) is 5.10 Å². The molecule has 210 valence electrons. The molecule has 2 aromatic heterocycles. The lowest BCUT2D eigenvalue weighted by atomic mass is 10.2. The lowest BCUT2D eigenvalue weighted by molar-refractivity contribution is -0.136. The Labute approximate surface area is 234 Å². The van der Waals surface area contributed by atoms with Gasteiger partial charge in [-0.3, -0.25) is 14.5 Å². The van der Waals surface area contributed by atoms with Crippen molar-refractivity contribution < 1.29 is 13.7 Å². The van der Waals surface area contributed by atoms with E-state index in [1.54, 1.807) is 10.6 Å². The quantitative estimate of drug-likeness (QED) is 0.390. The number of carbonyl (C=O) groups is 1. The van der Waals surface area contributed by atoms with E-state index in [0.717, 1.165) is 49.4 Å². The van der Waals surface area contributed by atoms with E-state index in [0.29, 0.717) is 48.6 Å². The highest BCUT2D eigenvalue weighted by molar-refractivity contribution is 7.85. The number of fused-ring (bicyclic) bond motifs is 3. The molecule has 0 spiro atoms. The Morgan fingerprint density at radius 3 is 2.65 bits per heavy atom. The third-order valence-corrected chi connectivity index (χ3v) is 9.18. The number of aryl methyl sites for hydroxylation is 2. The van der Waals surface area contributed by atoms with Crippen LogP contribution in [0, 0.1) is 13.8 Å². The van der Waals surface area contributed by atoms with Gasteiger partial charge in [0.15, 0.2) is 10.7 Å². The van der Waals surface area contributed by atoms with Crippen molar-refractivity contribution in [3.05, 3.63) is 57.9 Å². The molecule has 11 nitrogen and oxygen atoms in total. The zero-order valence-electron chi connectivity index (χ0n) is 22.8. The number of benzene rings is 2. The molecule has 2 aromatic carbocycles. The van der Waals surface area contributed by atoms with Crippen LogP contribution in [-0.2, 0) is 20.3 Å². The normalized spacial score (nSPS) is 17.9. The third kappa shape index (κ3) is 5.14. The maximum atomic E-state index is 13.5. The van der Waals surface area contributed by atoms with Crippen LogP contribution in [0.5, 0.6) is 0 Å². The minimum atomic E-state index is -1.60. The molecule has 0 radical (unpaired) electrons. The number of carbonyl (C=O) groups excluding carboxylic acids is 1. The highest BCUT2D eigenvalue weighted by atomic mass is 32.2. The number of hydrogen-bond donors (Lipinski definition) is 1. The Morgan fingerprint density at radius 2 is 1.85 bits per heavy atom. The summed E-state index contributed by atoms with van der Waals surface area (Å²) < 4.78 is 20.5. The molecule has 4 aromatic rings. The van der Waals surface area contributed by atoms with Crippen LogP contribution in [0.3, 0.4) is 0 Å². The highest BCUT2D eigenvalue weighted by Gasteiger charge is 2.24. The van der Waals surface area contributed by atoms with Crippen LogP contribution in [0.4, 0.5) is 5.69 Å². The monoisotopic (exact) mass is 563 g/mol. The fourth-order valence-electron chi connectivity index (χ4n) is 5.52. The summed E-state index contributed by atoms with van der Waals surface area (Å²) in [6.07, 6.45) is 0.920. The van der Waals surface area contributed by atoms with E-state index in [2.05, 4.69) is 25.1 Å². The SMILES string of the molecule is Cc1ccc(S(=O)c2n[nH]n3c2nc(=O)c2ccc(N4CCCN(CC(=O)N5CCOCC5)CC4)cc23)c(C)c1. The summed E-state index contributed by atoms with van der Waals surface area (Å²) in [5.41, 5.74) is 3.46. The van der Waals surface area contributed by atoms with Gasteiger partial charge >= 0.3 is 0 Å². The first-order valence-corrected chi connectivity index (χ1v) is 14.8. The van der Waals surface area contributed by atoms with Crippen molar-refractivity contribution in [1.29, 1.82) is 0 Å². The van der Waals surface area contributed by atoms with Crippen molar-refractivity contribution in [3.8, 4) is 0 Å². The summed E-state index contributed by atoms with van der Waals surface area (Å²) in [6, 6.07) is 11.4. The second-order valence-corrected chi connectivity index (χ2v) is 11.8. The second-order valence-electron chi connectivity index (χ2n) is 10.4. The average Bonchev–Trinajstić information content (AvgIpc) is 3.24. The number of nitrogens with one attached hydrogen (secondary N) is 1. The van der Waals surface area contributed by atoms with Crippen molar-refractivity contribution in [1.82, 2.24) is 29.6 Å². The zero-order chi connectivity index (χ0) is 27.8. The molecule has 6 rings (SSSR count). The number of nitrogens with zero attached hydrogens (tertiary/aromatic N) is 6. The molecule has 1 N–H and O–H groups in total. The van der Waals surface area contributed by atoms with Gasteiger partial charge in [0.05, 0.1) is 30.7 Å². The van der Waals surface area contributed by atoms with Crippen molar-refractivity contribution in [3.63, 3.8) is 0 Å². The molecule has 1 unspecified atom stereocenters. The molecular formula is C28H33N7O4S. The minimum absolute atomic E-state index is 0.157. The van der Waals surface area contributed by atoms with E-state index in [9.17, 15) is 13.8 Å². The molecule has 2 fully saturated rings. The van der Waals surface area contributed by atoms with E-state index in [1.807, 2.05) is 49.1 Å². The molecular weight excluding hydrogens is 530 g/mol. The molecule has 2 saturated heterocycles. The first kappa shape index (κ1) is 26.6. The minimum Gasteiger partial charge on any atom is -0.378 e. The summed E-state index contributed by atoms with van der Waals surface area (Å²) in [5, 5.41) is 7.96. The molecule has 0 bridgehead atoms. The standard InChI is InChI=1S/C28H33N7O4S/c1-19-4-7-24(20(2)16-19)40(38)28-26-29-27(37)22-6-5-21(17-23(22)35(26)31-30-28)33-9-3-8-32(10-11-33)18-25(36)34-12-14-39-15-13-34/h4-7,16-17,31H,3,8-15,18H2,1-2H3. The number of H-pyrrole nitrogens is 1. The van der Waals surface area contributed by atoms with Crippen LogP contribution in [0.25, 0.3) is 16.6 Å². The molecule has 40 heavy (non-hydrogen) atoms. The Hall–Kier alpha value is -3.61. The summed E-state index contributed by atoms with van der Waals surface area (Å²) in [5.74, 6) is 0.157. The summed E-state index contributed by atoms with van der Waals surface area (Å²) in [6.45, 7) is 10.1. The third-order valence-electron chi connectivity index (χ3n) is 7.70. The van der Waals surface area contributed by atoms with Gasteiger partial charge in [-0.25, -0.2) is 13.9 Å². The van der Waals surface area contributed by atoms with E-state index in [-0.39, 0.29) is 22.1 Å². The van der Waals surface area contributed by atoms with Crippen molar-refractivity contribution in [2.45, 2.75) is 30.2 Å². The first-order chi connectivity index (χ1) is 19.4. The number of anilines is 1. The van der Waals surface area contributed by atoms with Gasteiger partial charge in [0, 0.05) is 49.9 Å². The average molecular weight is 564 g/mol. The van der Waals surface area contributed by atoms with Gasteiger partial charge in [-0.1, -0.05) is 17.7 Å². The van der Waals surface area contributed by atoms with E-state index < -0.39 is 10.8 Å². The molecule has 12 heteroatoms. The molecule has 4 heterocycles. The van der Waals surface area contributed by atoms with Crippen LogP contribution in [0.1, 0.15) is 17.5 Å². The Bertz CT molecular complexity index is 1660. The van der Waals surface area contributed by atoms with E-state index in [4.69, 9.17) is 4.74 Å². The second kappa shape index (κ2) is 11.1. The molecule has 2 aliphatic heterocycles. The molecule has 0 saturated carbocycles. The smallest absolute Gasteiger partial charge is 0.281 e. The van der Waals surface area contributed by atoms with Gasteiger partial charge in [-0.05, 0) is 50.1 Å². The molecule has 2 aliphatic rings. The number of aromatic nitrogens is 4. The van der Waals surface area contributed by atoms with Crippen molar-refractivity contribution >= 4 is 38.9 Å². The fourth-order valence-corrected chi connectivity index (χ4v) is 6.70. The number of aromatic amines is 1. The first-order valence-electron chi connectivity index (χ1n) is 13.6. The highest BCUT2D eigenvalue weighted by Crippen LogP contribution is 2.25. The maximum Gasteiger partial charge on any atom is 0.281 e. The van der Waals surface area contributed by atoms with Gasteiger partial charge < -0.3 is 14.5 Å². The van der Waals surface area contributed by atoms with Crippen LogP contribution in [-0.4, -0.2) is 98.8 Å². The zero-order valence-corrected chi connectivity index (χ0v) is 23.6. The Balaban J connectivity index is 1.25. The van der Waals surface area contributed by atoms with Crippen molar-refractivity contribution in [2.75, 3.05) is 63.9 Å². The fraction of sp³-hybridized carbons (Fsp3) is 0.429. The number of ether oxygens (including phenoxy) is 1. The van der Waals surface area contributed by atoms with Crippen LogP contribution >= 0.6 is 0 Å². The van der Waals surface area contributed by atoms with Crippen molar-refractivity contribution in [2.24, 2.45) is 0 Å². The van der Waals surface area contributed by atoms with E-state index in [1.165, 1.54) is 0 Å². The Morgan fingerprint density at radius 1 is 1.02 bits per heavy atom. The molecule has 1 atom stereocenters. The summed E-state index contributed by atoms with van der Waals surface area (Å²) in [4.78, 5) is 37.0.